The molecule has 2 rings (SSSR count). The zero-order valence-corrected chi connectivity index (χ0v) is 12.8. The van der Waals surface area contributed by atoms with Gasteiger partial charge in [0.2, 0.25) is 0 Å². The molecule has 0 atom stereocenters. The van der Waals surface area contributed by atoms with Crippen molar-refractivity contribution in [3.63, 3.8) is 0 Å². The van der Waals surface area contributed by atoms with Crippen molar-refractivity contribution in [1.29, 1.82) is 0 Å². The molecule has 1 aliphatic heterocycles. The normalized spacial score (nSPS) is 17.0. The highest BCUT2D eigenvalue weighted by atomic mass is 16.5. The number of ketones is 1. The molecule has 0 spiro atoms. The number of likely N-dealkylation sites (tertiary alicyclic amines) is 1. The lowest BCUT2D eigenvalue weighted by molar-refractivity contribution is -0.0776. The number of ether oxygens (including phenoxy) is 1. The van der Waals surface area contributed by atoms with Gasteiger partial charge in [0.25, 0.3) is 0 Å². The number of methoxy groups -OCH3 is 1. The second kappa shape index (κ2) is 6.02. The lowest BCUT2D eigenvalue weighted by Crippen LogP contribution is -2.60. The van der Waals surface area contributed by atoms with E-state index in [2.05, 4.69) is 23.7 Å². The number of pyridine rings is 1. The Kier molecular flexibility index (Phi) is 4.55. The van der Waals surface area contributed by atoms with Gasteiger partial charge in [-0.15, -0.1) is 0 Å². The van der Waals surface area contributed by atoms with Gasteiger partial charge in [-0.1, -0.05) is 6.07 Å². The van der Waals surface area contributed by atoms with E-state index < -0.39 is 0 Å². The largest absolute Gasteiger partial charge is 0.379 e. The zero-order valence-electron chi connectivity index (χ0n) is 12.8. The van der Waals surface area contributed by atoms with Crippen molar-refractivity contribution >= 4 is 5.78 Å². The molecule has 1 fully saturated rings. The second-order valence-electron chi connectivity index (χ2n) is 6.15. The molecule has 1 saturated heterocycles. The van der Waals surface area contributed by atoms with Gasteiger partial charge in [-0.3, -0.25) is 9.69 Å². The summed E-state index contributed by atoms with van der Waals surface area (Å²) < 4.78 is 5.32. The van der Waals surface area contributed by atoms with Crippen molar-refractivity contribution in [3.8, 4) is 0 Å². The summed E-state index contributed by atoms with van der Waals surface area (Å²) in [6.07, 6.45) is 2.30. The molecule has 110 valence electrons. The van der Waals surface area contributed by atoms with Crippen LogP contribution in [0.3, 0.4) is 0 Å². The number of aromatic nitrogens is 1. The molecule has 1 aromatic rings. The van der Waals surface area contributed by atoms with Crippen molar-refractivity contribution in [1.82, 2.24) is 9.88 Å². The lowest BCUT2D eigenvalue weighted by Gasteiger charge is -2.48. The van der Waals surface area contributed by atoms with Crippen LogP contribution in [0.4, 0.5) is 0 Å². The van der Waals surface area contributed by atoms with Crippen LogP contribution in [-0.2, 0) is 11.2 Å². The average Bonchev–Trinajstić information content (AvgIpc) is 2.35. The summed E-state index contributed by atoms with van der Waals surface area (Å²) in [5.74, 6) is 0.0248. The number of carbonyl (C=O) groups excluding carboxylic acids is 1. The van der Waals surface area contributed by atoms with E-state index in [4.69, 9.17) is 4.74 Å². The third kappa shape index (κ3) is 3.44. The Labute approximate surface area is 121 Å². The Morgan fingerprint density at radius 2 is 2.15 bits per heavy atom. The molecule has 0 aliphatic carbocycles. The summed E-state index contributed by atoms with van der Waals surface area (Å²) >= 11 is 0. The highest BCUT2D eigenvalue weighted by Gasteiger charge is 2.36. The quantitative estimate of drug-likeness (QED) is 0.748. The first-order valence-corrected chi connectivity index (χ1v) is 7.17. The Morgan fingerprint density at radius 1 is 1.45 bits per heavy atom. The number of hydrogen-bond donors (Lipinski definition) is 0. The molecule has 0 saturated carbocycles. The van der Waals surface area contributed by atoms with Crippen molar-refractivity contribution in [2.75, 3.05) is 20.2 Å². The highest BCUT2D eigenvalue weighted by Crippen LogP contribution is 2.27. The maximum atomic E-state index is 11.3. The summed E-state index contributed by atoms with van der Waals surface area (Å²) in [5, 5.41) is 0. The summed E-state index contributed by atoms with van der Waals surface area (Å²) in [7, 11) is 1.77. The lowest BCUT2D eigenvalue weighted by atomic mass is 9.91. The van der Waals surface area contributed by atoms with Crippen LogP contribution < -0.4 is 0 Å². The van der Waals surface area contributed by atoms with Gasteiger partial charge in [-0.25, -0.2) is 4.98 Å². The molecule has 20 heavy (non-hydrogen) atoms. The first-order valence-electron chi connectivity index (χ1n) is 7.17. The Morgan fingerprint density at radius 3 is 2.75 bits per heavy atom. The molecule has 0 amide bonds. The van der Waals surface area contributed by atoms with Crippen LogP contribution in [0, 0.1) is 0 Å². The molecule has 2 heterocycles. The molecule has 0 aromatic carbocycles. The number of carbonyl (C=O) groups is 1. The van der Waals surface area contributed by atoms with Crippen molar-refractivity contribution < 1.29 is 9.53 Å². The Balaban J connectivity index is 1.91. The van der Waals surface area contributed by atoms with Crippen LogP contribution in [0.25, 0.3) is 0 Å². The molecular formula is C16H24N2O2. The number of hydrogen-bond acceptors (Lipinski definition) is 4. The first kappa shape index (κ1) is 15.1. The summed E-state index contributed by atoms with van der Waals surface area (Å²) in [6.45, 7) is 8.08. The topological polar surface area (TPSA) is 42.4 Å². The third-order valence-electron chi connectivity index (χ3n) is 4.20. The highest BCUT2D eigenvalue weighted by molar-refractivity contribution is 5.92. The monoisotopic (exact) mass is 276 g/mol. The minimum absolute atomic E-state index is 0.0248. The summed E-state index contributed by atoms with van der Waals surface area (Å²) in [4.78, 5) is 18.2. The van der Waals surface area contributed by atoms with Crippen LogP contribution in [0.15, 0.2) is 18.2 Å². The van der Waals surface area contributed by atoms with Crippen LogP contribution in [0.5, 0.6) is 0 Å². The van der Waals surface area contributed by atoms with Crippen molar-refractivity contribution in [3.05, 3.63) is 29.6 Å². The third-order valence-corrected chi connectivity index (χ3v) is 4.20. The Bertz CT molecular complexity index is 479. The average molecular weight is 276 g/mol. The molecule has 1 aliphatic rings. The SMILES string of the molecule is COC1CN(C(C)(C)CCc2cccc(C(C)=O)n2)C1. The summed E-state index contributed by atoms with van der Waals surface area (Å²) in [6, 6.07) is 5.68. The van der Waals surface area contributed by atoms with Gasteiger partial charge in [0.15, 0.2) is 5.78 Å². The van der Waals surface area contributed by atoms with Crippen LogP contribution in [0.1, 0.15) is 43.4 Å². The van der Waals surface area contributed by atoms with E-state index in [0.29, 0.717) is 11.8 Å². The van der Waals surface area contributed by atoms with Gasteiger partial charge in [0.1, 0.15) is 5.69 Å². The maximum absolute atomic E-state index is 11.3. The number of nitrogens with zero attached hydrogens (tertiary/aromatic N) is 2. The fourth-order valence-electron chi connectivity index (χ4n) is 2.49. The van der Waals surface area contributed by atoms with E-state index >= 15 is 0 Å². The van der Waals surface area contributed by atoms with Gasteiger partial charge in [0, 0.05) is 38.4 Å². The Hall–Kier alpha value is -1.26. The number of aryl methyl sites for hydroxylation is 1. The van der Waals surface area contributed by atoms with Gasteiger partial charge in [-0.05, 0) is 38.8 Å². The van der Waals surface area contributed by atoms with Crippen molar-refractivity contribution in [2.45, 2.75) is 45.3 Å². The molecule has 4 heteroatoms. The molecule has 0 N–H and O–H groups in total. The number of rotatable bonds is 6. The predicted molar refractivity (Wildman–Crippen MR) is 79.0 cm³/mol. The second-order valence-corrected chi connectivity index (χ2v) is 6.15. The molecule has 1 aromatic heterocycles. The van der Waals surface area contributed by atoms with Gasteiger partial charge < -0.3 is 4.74 Å². The molecule has 4 nitrogen and oxygen atoms in total. The molecule has 0 unspecified atom stereocenters. The maximum Gasteiger partial charge on any atom is 0.178 e. The van der Waals surface area contributed by atoms with E-state index in [0.717, 1.165) is 31.6 Å². The van der Waals surface area contributed by atoms with Gasteiger partial charge in [0.05, 0.1) is 6.10 Å². The fourth-order valence-corrected chi connectivity index (χ4v) is 2.49. The zero-order chi connectivity index (χ0) is 14.8. The van der Waals surface area contributed by atoms with E-state index in [1.54, 1.807) is 20.1 Å². The molecule has 0 radical (unpaired) electrons. The first-order chi connectivity index (χ1) is 9.42. The van der Waals surface area contributed by atoms with Crippen LogP contribution in [0.2, 0.25) is 0 Å². The number of Topliss-reactive ketones (excluding diaryl/α,β-unsaturated/α-hetero) is 1. The molecular weight excluding hydrogens is 252 g/mol. The minimum Gasteiger partial charge on any atom is -0.379 e. The van der Waals surface area contributed by atoms with Gasteiger partial charge in [-0.2, -0.15) is 0 Å². The fraction of sp³-hybridized carbons (Fsp3) is 0.625. The van der Waals surface area contributed by atoms with Crippen LogP contribution in [-0.4, -0.2) is 47.5 Å². The van der Waals surface area contributed by atoms with E-state index in [-0.39, 0.29) is 11.3 Å². The van der Waals surface area contributed by atoms with Gasteiger partial charge >= 0.3 is 0 Å². The summed E-state index contributed by atoms with van der Waals surface area (Å²) in [5.41, 5.74) is 1.70. The van der Waals surface area contributed by atoms with E-state index in [1.807, 2.05) is 12.1 Å². The predicted octanol–water partition coefficient (Wildman–Crippen LogP) is 2.33. The molecule has 0 bridgehead atoms. The van der Waals surface area contributed by atoms with E-state index in [9.17, 15) is 4.79 Å². The standard InChI is InChI=1S/C16H24N2O2/c1-12(19)15-7-5-6-13(17-15)8-9-16(2,3)18-10-14(11-18)20-4/h5-7,14H,8-11H2,1-4H3. The van der Waals surface area contributed by atoms with Crippen LogP contribution >= 0.6 is 0 Å². The minimum atomic E-state index is 0.0248. The van der Waals surface area contributed by atoms with E-state index in [1.165, 1.54) is 0 Å². The smallest absolute Gasteiger partial charge is 0.178 e. The van der Waals surface area contributed by atoms with Crippen molar-refractivity contribution in [2.24, 2.45) is 0 Å².